The maximum Gasteiger partial charge on any atom is 0.123 e. The second-order valence-electron chi connectivity index (χ2n) is 7.45. The predicted molar refractivity (Wildman–Crippen MR) is 90.2 cm³/mol. The summed E-state index contributed by atoms with van der Waals surface area (Å²) in [4.78, 5) is 0. The molecule has 0 aromatic heterocycles. The second kappa shape index (κ2) is 7.31. The molecule has 0 amide bonds. The van der Waals surface area contributed by atoms with Crippen molar-refractivity contribution in [1.29, 1.82) is 0 Å². The van der Waals surface area contributed by atoms with Crippen molar-refractivity contribution in [2.24, 2.45) is 5.92 Å². The number of ether oxygens (including phenoxy) is 1. The minimum Gasteiger partial charge on any atom is -0.492 e. The number of rotatable bonds is 6. The van der Waals surface area contributed by atoms with Crippen LogP contribution in [0.25, 0.3) is 0 Å². The van der Waals surface area contributed by atoms with E-state index in [1.54, 1.807) is 0 Å². The van der Waals surface area contributed by atoms with Crippen molar-refractivity contribution in [3.8, 4) is 5.75 Å². The highest BCUT2D eigenvalue weighted by molar-refractivity contribution is 5.41. The molecule has 2 nitrogen and oxygen atoms in total. The summed E-state index contributed by atoms with van der Waals surface area (Å²) in [7, 11) is 0. The summed E-state index contributed by atoms with van der Waals surface area (Å²) in [5.74, 6) is 1.94. The molecular weight excluding hydrogens is 258 g/mol. The molecule has 1 aromatic rings. The summed E-state index contributed by atoms with van der Waals surface area (Å²) in [5, 5.41) is 3.55. The number of nitrogens with one attached hydrogen (secondary N) is 1. The van der Waals surface area contributed by atoms with E-state index in [0.717, 1.165) is 31.4 Å². The Kier molecular flexibility index (Phi) is 5.69. The van der Waals surface area contributed by atoms with Gasteiger partial charge in [-0.2, -0.15) is 0 Å². The first-order chi connectivity index (χ1) is 9.97. The highest BCUT2D eigenvalue weighted by atomic mass is 16.5. The first-order valence-corrected chi connectivity index (χ1v) is 8.41. The van der Waals surface area contributed by atoms with E-state index in [4.69, 9.17) is 4.74 Å². The molecule has 118 valence electrons. The Balaban J connectivity index is 1.80. The standard InChI is InChI=1S/C19H31NO/c1-15-9-10-17(19(2,3)4)18(13-15)21-12-11-20-14-16-7-5-6-8-16/h9-10,13,16,20H,5-8,11-12,14H2,1-4H3. The predicted octanol–water partition coefficient (Wildman–Crippen LogP) is 4.45. The quantitative estimate of drug-likeness (QED) is 0.781. The maximum absolute atomic E-state index is 6.05. The van der Waals surface area contributed by atoms with Crippen LogP contribution in [0.5, 0.6) is 5.75 Å². The fourth-order valence-electron chi connectivity index (χ4n) is 3.12. The van der Waals surface area contributed by atoms with Crippen molar-refractivity contribution in [2.75, 3.05) is 19.7 Å². The average molecular weight is 289 g/mol. The normalized spacial score (nSPS) is 16.4. The van der Waals surface area contributed by atoms with Crippen LogP contribution in [0.4, 0.5) is 0 Å². The molecule has 0 saturated heterocycles. The molecule has 21 heavy (non-hydrogen) atoms. The molecule has 1 aromatic carbocycles. The van der Waals surface area contributed by atoms with Gasteiger partial charge in [0.25, 0.3) is 0 Å². The van der Waals surface area contributed by atoms with Crippen molar-refractivity contribution in [3.63, 3.8) is 0 Å². The van der Waals surface area contributed by atoms with E-state index < -0.39 is 0 Å². The summed E-state index contributed by atoms with van der Waals surface area (Å²) in [6.45, 7) is 11.7. The van der Waals surface area contributed by atoms with Gasteiger partial charge in [-0.25, -0.2) is 0 Å². The monoisotopic (exact) mass is 289 g/mol. The summed E-state index contributed by atoms with van der Waals surface area (Å²) >= 11 is 0. The van der Waals surface area contributed by atoms with Gasteiger partial charge < -0.3 is 10.1 Å². The van der Waals surface area contributed by atoms with Crippen LogP contribution in [-0.2, 0) is 5.41 Å². The van der Waals surface area contributed by atoms with E-state index >= 15 is 0 Å². The van der Waals surface area contributed by atoms with Gasteiger partial charge in [0.05, 0.1) is 0 Å². The molecule has 1 fully saturated rings. The van der Waals surface area contributed by atoms with Crippen LogP contribution in [0.15, 0.2) is 18.2 Å². The van der Waals surface area contributed by atoms with Gasteiger partial charge in [0, 0.05) is 6.54 Å². The van der Waals surface area contributed by atoms with Crippen LogP contribution in [-0.4, -0.2) is 19.7 Å². The average Bonchev–Trinajstić information content (AvgIpc) is 2.90. The van der Waals surface area contributed by atoms with Gasteiger partial charge in [0.15, 0.2) is 0 Å². The molecule has 2 rings (SSSR count). The van der Waals surface area contributed by atoms with Crippen molar-refractivity contribution >= 4 is 0 Å². The zero-order chi connectivity index (χ0) is 15.3. The lowest BCUT2D eigenvalue weighted by Gasteiger charge is -2.23. The lowest BCUT2D eigenvalue weighted by Crippen LogP contribution is -2.26. The van der Waals surface area contributed by atoms with Gasteiger partial charge in [-0.1, -0.05) is 45.7 Å². The van der Waals surface area contributed by atoms with Gasteiger partial charge in [-0.15, -0.1) is 0 Å². The molecule has 0 unspecified atom stereocenters. The van der Waals surface area contributed by atoms with Crippen molar-refractivity contribution < 1.29 is 4.74 Å². The van der Waals surface area contributed by atoms with Gasteiger partial charge in [-0.3, -0.25) is 0 Å². The molecular formula is C19H31NO. The Hall–Kier alpha value is -1.02. The Morgan fingerprint density at radius 1 is 1.19 bits per heavy atom. The Morgan fingerprint density at radius 2 is 1.90 bits per heavy atom. The number of benzene rings is 1. The molecule has 1 saturated carbocycles. The van der Waals surface area contributed by atoms with Gasteiger partial charge in [0.1, 0.15) is 12.4 Å². The van der Waals surface area contributed by atoms with Crippen LogP contribution in [0, 0.1) is 12.8 Å². The highest BCUT2D eigenvalue weighted by Gasteiger charge is 2.19. The second-order valence-corrected chi connectivity index (χ2v) is 7.45. The first kappa shape index (κ1) is 16.4. The fraction of sp³-hybridized carbons (Fsp3) is 0.684. The summed E-state index contributed by atoms with van der Waals surface area (Å²) < 4.78 is 6.05. The molecule has 0 heterocycles. The van der Waals surface area contributed by atoms with Crippen molar-refractivity contribution in [2.45, 2.75) is 58.8 Å². The lowest BCUT2D eigenvalue weighted by molar-refractivity contribution is 0.301. The summed E-state index contributed by atoms with van der Waals surface area (Å²) in [6.07, 6.45) is 5.64. The number of aryl methyl sites for hydroxylation is 1. The van der Waals surface area contributed by atoms with E-state index in [1.165, 1.54) is 36.8 Å². The van der Waals surface area contributed by atoms with E-state index in [1.807, 2.05) is 0 Å². The maximum atomic E-state index is 6.05. The Labute approximate surface area is 130 Å². The third kappa shape index (κ3) is 5.03. The molecule has 0 aliphatic heterocycles. The van der Waals surface area contributed by atoms with E-state index in [9.17, 15) is 0 Å². The van der Waals surface area contributed by atoms with Gasteiger partial charge >= 0.3 is 0 Å². The van der Waals surface area contributed by atoms with Crippen LogP contribution >= 0.6 is 0 Å². The topological polar surface area (TPSA) is 21.3 Å². The lowest BCUT2D eigenvalue weighted by atomic mass is 9.86. The molecule has 0 spiro atoms. The molecule has 0 radical (unpaired) electrons. The SMILES string of the molecule is Cc1ccc(C(C)(C)C)c(OCCNCC2CCCC2)c1. The minimum atomic E-state index is 0.125. The van der Waals surface area contributed by atoms with E-state index in [-0.39, 0.29) is 5.41 Å². The number of hydrogen-bond donors (Lipinski definition) is 1. The van der Waals surface area contributed by atoms with Crippen LogP contribution < -0.4 is 10.1 Å². The minimum absolute atomic E-state index is 0.125. The third-order valence-electron chi connectivity index (χ3n) is 4.39. The van der Waals surface area contributed by atoms with Gasteiger partial charge in [0.2, 0.25) is 0 Å². The molecule has 0 atom stereocenters. The molecule has 0 bridgehead atoms. The first-order valence-electron chi connectivity index (χ1n) is 8.41. The molecule has 1 aliphatic rings. The largest absolute Gasteiger partial charge is 0.492 e. The number of hydrogen-bond acceptors (Lipinski definition) is 2. The Morgan fingerprint density at radius 3 is 2.57 bits per heavy atom. The van der Waals surface area contributed by atoms with Crippen LogP contribution in [0.3, 0.4) is 0 Å². The van der Waals surface area contributed by atoms with E-state index in [0.29, 0.717) is 0 Å². The van der Waals surface area contributed by atoms with Crippen LogP contribution in [0.1, 0.15) is 57.6 Å². The van der Waals surface area contributed by atoms with Crippen LogP contribution in [0.2, 0.25) is 0 Å². The summed E-state index contributed by atoms with van der Waals surface area (Å²) in [5.41, 5.74) is 2.68. The molecule has 1 aliphatic carbocycles. The fourth-order valence-corrected chi connectivity index (χ4v) is 3.12. The Bertz CT molecular complexity index is 441. The third-order valence-corrected chi connectivity index (χ3v) is 4.39. The molecule has 1 N–H and O–H groups in total. The van der Waals surface area contributed by atoms with Gasteiger partial charge in [-0.05, 0) is 54.8 Å². The van der Waals surface area contributed by atoms with Crippen molar-refractivity contribution in [3.05, 3.63) is 29.3 Å². The highest BCUT2D eigenvalue weighted by Crippen LogP contribution is 2.32. The zero-order valence-electron chi connectivity index (χ0n) is 14.2. The zero-order valence-corrected chi connectivity index (χ0v) is 14.2. The summed E-state index contributed by atoms with van der Waals surface area (Å²) in [6, 6.07) is 6.54. The van der Waals surface area contributed by atoms with Crippen molar-refractivity contribution in [1.82, 2.24) is 5.32 Å². The smallest absolute Gasteiger partial charge is 0.123 e. The van der Waals surface area contributed by atoms with E-state index in [2.05, 4.69) is 51.2 Å². The molecule has 2 heteroatoms.